The second kappa shape index (κ2) is 7.23. The number of rotatable bonds is 5. The number of fused-ring (bicyclic) bond motifs is 1. The number of nitrogens with zero attached hydrogens (tertiary/aromatic N) is 2. The number of aromatic nitrogens is 2. The van der Waals surface area contributed by atoms with E-state index in [1.165, 1.54) is 88.0 Å². The third kappa shape index (κ3) is 3.61. The number of likely N-dealkylation sites (tertiary alicyclic amines) is 1. The minimum Gasteiger partial charge on any atom is -0.310 e. The summed E-state index contributed by atoms with van der Waals surface area (Å²) in [5.41, 5.74) is 4.17. The molecule has 3 rings (SSSR count). The number of hydrogen-bond acceptors (Lipinski definition) is 3. The summed E-state index contributed by atoms with van der Waals surface area (Å²) in [5, 5.41) is 11.4. The third-order valence-electron chi connectivity index (χ3n) is 4.74. The van der Waals surface area contributed by atoms with Crippen LogP contribution >= 0.6 is 0 Å². The van der Waals surface area contributed by atoms with E-state index in [9.17, 15) is 0 Å². The van der Waals surface area contributed by atoms with Crippen molar-refractivity contribution in [3.05, 3.63) is 17.0 Å². The molecule has 1 aliphatic carbocycles. The molecule has 0 amide bonds. The molecule has 0 saturated carbocycles. The Hall–Kier alpha value is -0.870. The van der Waals surface area contributed by atoms with Gasteiger partial charge in [-0.25, -0.2) is 0 Å². The van der Waals surface area contributed by atoms with Crippen molar-refractivity contribution in [1.82, 2.24) is 20.4 Å². The highest BCUT2D eigenvalue weighted by molar-refractivity contribution is 5.26. The van der Waals surface area contributed by atoms with Gasteiger partial charge in [-0.15, -0.1) is 0 Å². The zero-order valence-electron chi connectivity index (χ0n) is 12.6. The predicted octanol–water partition coefficient (Wildman–Crippen LogP) is 2.25. The van der Waals surface area contributed by atoms with E-state index >= 15 is 0 Å². The lowest BCUT2D eigenvalue weighted by molar-refractivity contribution is 0.229. The van der Waals surface area contributed by atoms with Crippen LogP contribution in [0.2, 0.25) is 0 Å². The van der Waals surface area contributed by atoms with Crippen LogP contribution in [0.25, 0.3) is 0 Å². The minimum atomic E-state index is 0.930. The number of hydrogen-bond donors (Lipinski definition) is 2. The van der Waals surface area contributed by atoms with Gasteiger partial charge in [0.2, 0.25) is 0 Å². The van der Waals surface area contributed by atoms with Crippen molar-refractivity contribution in [3.8, 4) is 0 Å². The SMILES string of the molecule is C1CCc2[nH]nc(CNCCN3CCCCC3)c2CC1. The van der Waals surface area contributed by atoms with Gasteiger partial charge in [-0.2, -0.15) is 5.10 Å². The van der Waals surface area contributed by atoms with Crippen molar-refractivity contribution in [1.29, 1.82) is 0 Å². The van der Waals surface area contributed by atoms with Crippen LogP contribution in [0.3, 0.4) is 0 Å². The highest BCUT2D eigenvalue weighted by Gasteiger charge is 2.15. The summed E-state index contributed by atoms with van der Waals surface area (Å²) in [6.07, 6.45) is 10.6. The zero-order chi connectivity index (χ0) is 13.6. The quantitative estimate of drug-likeness (QED) is 0.640. The molecule has 1 aromatic heterocycles. The molecule has 20 heavy (non-hydrogen) atoms. The molecule has 2 heterocycles. The summed E-state index contributed by atoms with van der Waals surface area (Å²) in [5.74, 6) is 0. The Kier molecular flexibility index (Phi) is 5.09. The number of aryl methyl sites for hydroxylation is 1. The van der Waals surface area contributed by atoms with Gasteiger partial charge in [-0.3, -0.25) is 5.10 Å². The number of aromatic amines is 1. The smallest absolute Gasteiger partial charge is 0.0794 e. The second-order valence-electron chi connectivity index (χ2n) is 6.27. The number of nitrogens with one attached hydrogen (secondary N) is 2. The van der Waals surface area contributed by atoms with Crippen LogP contribution in [0.5, 0.6) is 0 Å². The fraction of sp³-hybridized carbons (Fsp3) is 0.812. The van der Waals surface area contributed by atoms with Crippen molar-refractivity contribution < 1.29 is 0 Å². The van der Waals surface area contributed by atoms with Crippen LogP contribution in [-0.4, -0.2) is 41.3 Å². The van der Waals surface area contributed by atoms with Gasteiger partial charge in [0, 0.05) is 25.3 Å². The highest BCUT2D eigenvalue weighted by Crippen LogP contribution is 2.21. The van der Waals surface area contributed by atoms with Crippen molar-refractivity contribution in [2.45, 2.75) is 57.9 Å². The first-order chi connectivity index (χ1) is 9.93. The summed E-state index contributed by atoms with van der Waals surface area (Å²) >= 11 is 0. The molecule has 0 bridgehead atoms. The Bertz CT molecular complexity index is 407. The summed E-state index contributed by atoms with van der Waals surface area (Å²) in [6, 6.07) is 0. The number of H-pyrrole nitrogens is 1. The van der Waals surface area contributed by atoms with E-state index in [4.69, 9.17) is 0 Å². The van der Waals surface area contributed by atoms with Crippen molar-refractivity contribution in [3.63, 3.8) is 0 Å². The Morgan fingerprint density at radius 3 is 2.70 bits per heavy atom. The maximum absolute atomic E-state index is 4.52. The lowest BCUT2D eigenvalue weighted by Crippen LogP contribution is -2.35. The van der Waals surface area contributed by atoms with Crippen LogP contribution < -0.4 is 5.32 Å². The maximum atomic E-state index is 4.52. The van der Waals surface area contributed by atoms with E-state index in [1.807, 2.05) is 0 Å². The monoisotopic (exact) mass is 276 g/mol. The van der Waals surface area contributed by atoms with Crippen molar-refractivity contribution >= 4 is 0 Å². The molecule has 2 N–H and O–H groups in total. The molecule has 1 saturated heterocycles. The number of piperidine rings is 1. The van der Waals surface area contributed by atoms with Gasteiger partial charge in [0.1, 0.15) is 0 Å². The molecule has 0 atom stereocenters. The molecule has 4 heteroatoms. The summed E-state index contributed by atoms with van der Waals surface area (Å²) in [4.78, 5) is 2.58. The molecule has 1 fully saturated rings. The standard InChI is InChI=1S/C16H28N4/c1-3-7-14-15(8-4-1)18-19-16(14)13-17-9-12-20-10-5-2-6-11-20/h17H,1-13H2,(H,18,19). The zero-order valence-corrected chi connectivity index (χ0v) is 12.6. The average molecular weight is 276 g/mol. The van der Waals surface area contributed by atoms with Gasteiger partial charge in [-0.1, -0.05) is 12.8 Å². The largest absolute Gasteiger partial charge is 0.310 e. The van der Waals surface area contributed by atoms with E-state index < -0.39 is 0 Å². The van der Waals surface area contributed by atoms with E-state index in [2.05, 4.69) is 20.4 Å². The van der Waals surface area contributed by atoms with Gasteiger partial charge in [0.25, 0.3) is 0 Å². The van der Waals surface area contributed by atoms with Crippen LogP contribution in [-0.2, 0) is 19.4 Å². The first-order valence-electron chi connectivity index (χ1n) is 8.41. The Morgan fingerprint density at radius 2 is 1.80 bits per heavy atom. The maximum Gasteiger partial charge on any atom is 0.0794 e. The molecule has 0 radical (unpaired) electrons. The van der Waals surface area contributed by atoms with Gasteiger partial charge >= 0.3 is 0 Å². The molecular formula is C16H28N4. The lowest BCUT2D eigenvalue weighted by atomic mass is 10.1. The van der Waals surface area contributed by atoms with Crippen LogP contribution in [0.1, 0.15) is 55.5 Å². The van der Waals surface area contributed by atoms with E-state index in [1.54, 1.807) is 0 Å². The third-order valence-corrected chi connectivity index (χ3v) is 4.74. The lowest BCUT2D eigenvalue weighted by Gasteiger charge is -2.26. The first kappa shape index (κ1) is 14.1. The van der Waals surface area contributed by atoms with Gasteiger partial charge in [-0.05, 0) is 57.2 Å². The van der Waals surface area contributed by atoms with Crippen LogP contribution in [0.15, 0.2) is 0 Å². The topological polar surface area (TPSA) is 44.0 Å². The molecule has 4 nitrogen and oxygen atoms in total. The Balaban J connectivity index is 1.43. The fourth-order valence-electron chi connectivity index (χ4n) is 3.50. The molecule has 1 aliphatic heterocycles. The van der Waals surface area contributed by atoms with E-state index in [-0.39, 0.29) is 0 Å². The van der Waals surface area contributed by atoms with Crippen LogP contribution in [0, 0.1) is 0 Å². The Labute approximate surface area is 122 Å². The summed E-state index contributed by atoms with van der Waals surface area (Å²) < 4.78 is 0. The van der Waals surface area contributed by atoms with Crippen molar-refractivity contribution in [2.24, 2.45) is 0 Å². The normalized spacial score (nSPS) is 20.6. The van der Waals surface area contributed by atoms with Gasteiger partial charge in [0.05, 0.1) is 5.69 Å². The molecule has 0 spiro atoms. The van der Waals surface area contributed by atoms with Crippen LogP contribution in [0.4, 0.5) is 0 Å². The molecule has 112 valence electrons. The molecule has 1 aromatic rings. The molecule has 0 unspecified atom stereocenters. The molecule has 0 aromatic carbocycles. The van der Waals surface area contributed by atoms with Crippen molar-refractivity contribution in [2.75, 3.05) is 26.2 Å². The summed E-state index contributed by atoms with van der Waals surface area (Å²) in [7, 11) is 0. The first-order valence-corrected chi connectivity index (χ1v) is 8.41. The second-order valence-corrected chi connectivity index (χ2v) is 6.27. The Morgan fingerprint density at radius 1 is 1.00 bits per heavy atom. The predicted molar refractivity (Wildman–Crippen MR) is 81.8 cm³/mol. The summed E-state index contributed by atoms with van der Waals surface area (Å²) in [6.45, 7) is 5.78. The molecular weight excluding hydrogens is 248 g/mol. The minimum absolute atomic E-state index is 0.930. The highest BCUT2D eigenvalue weighted by atomic mass is 15.2. The van der Waals surface area contributed by atoms with E-state index in [0.717, 1.165) is 13.1 Å². The van der Waals surface area contributed by atoms with E-state index in [0.29, 0.717) is 0 Å². The average Bonchev–Trinajstić information content (AvgIpc) is 2.72. The fourth-order valence-corrected chi connectivity index (χ4v) is 3.50. The van der Waals surface area contributed by atoms with Gasteiger partial charge < -0.3 is 10.2 Å². The molecule has 2 aliphatic rings. The van der Waals surface area contributed by atoms with Gasteiger partial charge in [0.15, 0.2) is 0 Å².